The molecule has 0 saturated carbocycles. The Labute approximate surface area is 471 Å². The number of pyridine rings is 1. The minimum Gasteiger partial charge on any atom is -0.508 e. The average molecular weight is 1110 g/mol. The zero-order valence-electron chi connectivity index (χ0n) is 46.6. The van der Waals surface area contributed by atoms with Gasteiger partial charge in [0.05, 0.1) is 33.1 Å². The zero-order chi connectivity index (χ0) is 56.2. The summed E-state index contributed by atoms with van der Waals surface area (Å²) >= 11 is 1.60. The lowest BCUT2D eigenvalue weighted by atomic mass is 9.85. The van der Waals surface area contributed by atoms with Crippen LogP contribution in [0.3, 0.4) is 0 Å². The molecular formula is C62H74F2N10O5S. The van der Waals surface area contributed by atoms with Gasteiger partial charge in [0, 0.05) is 68.4 Å². The summed E-state index contributed by atoms with van der Waals surface area (Å²) in [6.45, 7) is 13.0. The van der Waals surface area contributed by atoms with Crippen molar-refractivity contribution in [3.8, 4) is 45.8 Å². The number of hydrogen-bond donors (Lipinski definition) is 4. The highest BCUT2D eigenvalue weighted by molar-refractivity contribution is 7.13. The number of hydrogen-bond acceptors (Lipinski definition) is 13. The predicted octanol–water partition coefficient (Wildman–Crippen LogP) is 10.7. The van der Waals surface area contributed by atoms with E-state index in [1.165, 1.54) is 24.3 Å². The Bertz CT molecular complexity index is 3280. The third-order valence-corrected chi connectivity index (χ3v) is 17.6. The fraction of sp³-hybridized carbons (Fsp3) is 0.500. The minimum absolute atomic E-state index is 0.0123. The molecule has 4 aliphatic heterocycles. The van der Waals surface area contributed by atoms with E-state index in [0.717, 1.165) is 98.7 Å². The molecule has 3 aromatic carbocycles. The van der Waals surface area contributed by atoms with Crippen molar-refractivity contribution in [2.24, 2.45) is 11.3 Å². The molecule has 4 aliphatic rings. The minimum atomic E-state index is -0.756. The number of carbonyl (C=O) groups is 3. The van der Waals surface area contributed by atoms with Crippen LogP contribution < -0.4 is 25.7 Å². The molecule has 2 bridgehead atoms. The maximum absolute atomic E-state index is 17.1. The second-order valence-corrected chi connectivity index (χ2v) is 24.4. The van der Waals surface area contributed by atoms with Gasteiger partial charge in [0.1, 0.15) is 40.7 Å². The van der Waals surface area contributed by atoms with Crippen molar-refractivity contribution in [3.63, 3.8) is 0 Å². The van der Waals surface area contributed by atoms with Crippen LogP contribution in [0.15, 0.2) is 60.2 Å². The van der Waals surface area contributed by atoms with Gasteiger partial charge in [0.15, 0.2) is 5.82 Å². The number of nitrogens with one attached hydrogen (secondary N) is 3. The Morgan fingerprint density at radius 3 is 2.36 bits per heavy atom. The number of piperazine rings is 1. The number of aryl methyl sites for hydroxylation is 1. The van der Waals surface area contributed by atoms with Crippen molar-refractivity contribution in [1.29, 1.82) is 0 Å². The molecule has 10 rings (SSSR count). The molecule has 3 aromatic heterocycles. The van der Waals surface area contributed by atoms with E-state index in [-0.39, 0.29) is 75.3 Å². The summed E-state index contributed by atoms with van der Waals surface area (Å²) < 4.78 is 32.1. The highest BCUT2D eigenvalue weighted by Crippen LogP contribution is 2.40. The molecule has 7 heterocycles. The lowest BCUT2D eigenvalue weighted by Crippen LogP contribution is -2.57. The van der Waals surface area contributed by atoms with Crippen LogP contribution >= 0.6 is 11.3 Å². The smallest absolute Gasteiger partial charge is 0.338 e. The summed E-state index contributed by atoms with van der Waals surface area (Å²) in [6.07, 6.45) is 20.1. The van der Waals surface area contributed by atoms with Crippen LogP contribution in [0.25, 0.3) is 43.4 Å². The first-order valence-electron chi connectivity index (χ1n) is 28.7. The Morgan fingerprint density at radius 2 is 1.65 bits per heavy atom. The van der Waals surface area contributed by atoms with Crippen LogP contribution in [0.5, 0.6) is 11.8 Å². The van der Waals surface area contributed by atoms with Crippen LogP contribution in [0, 0.1) is 42.2 Å². The number of thiazole rings is 1. The highest BCUT2D eigenvalue weighted by atomic mass is 32.1. The molecule has 0 aliphatic carbocycles. The Hall–Kier alpha value is -6.81. The molecule has 0 radical (unpaired) electrons. The molecule has 4 unspecified atom stereocenters. The third-order valence-electron chi connectivity index (χ3n) is 16.6. The zero-order valence-corrected chi connectivity index (χ0v) is 47.4. The molecule has 422 valence electrons. The maximum Gasteiger partial charge on any atom is 0.338 e. The number of rotatable bonds is 20. The first-order valence-corrected chi connectivity index (χ1v) is 29.5. The number of benzene rings is 3. The fourth-order valence-electron chi connectivity index (χ4n) is 12.3. The number of aromatic nitrogens is 4. The molecule has 4 N–H and O–H groups in total. The number of nitrogens with zero attached hydrogens (tertiary/aromatic N) is 7. The molecule has 80 heavy (non-hydrogen) atoms. The van der Waals surface area contributed by atoms with Crippen molar-refractivity contribution < 1.29 is 33.1 Å². The Balaban J connectivity index is 0.673. The van der Waals surface area contributed by atoms with Gasteiger partial charge >= 0.3 is 6.01 Å². The summed E-state index contributed by atoms with van der Waals surface area (Å²) in [7, 11) is 0. The number of phenols is 1. The summed E-state index contributed by atoms with van der Waals surface area (Å²) in [5.41, 5.74) is 4.34. The SMILES string of the molecule is C#Cc1c(F)ccc2cc(O)cc(-c3ncc4c(N5CC6CCC(C5)N6)nc(ON5CCC(CCCCCCCCCC(=O)NC(C(=O)N6CCC[C@H]6C(=O)N[C@@H](C)c6ccc(-c7scnc7C)cc6)C(C)(C)C)C5)nc4c3F)c12. The first-order chi connectivity index (χ1) is 38.5. The highest BCUT2D eigenvalue weighted by Gasteiger charge is 2.42. The molecule has 4 fully saturated rings. The van der Waals surface area contributed by atoms with Gasteiger partial charge in [-0.1, -0.05) is 95.5 Å². The number of unbranched alkanes of at least 4 members (excludes halogenated alkanes) is 6. The monoisotopic (exact) mass is 1110 g/mol. The number of carbonyl (C=O) groups excluding carboxylic acids is 3. The number of fused-ring (bicyclic) bond motifs is 4. The summed E-state index contributed by atoms with van der Waals surface area (Å²) in [6, 6.07) is 12.7. The number of aromatic hydroxyl groups is 1. The third kappa shape index (κ3) is 12.5. The topological polar surface area (TPSA) is 178 Å². The molecule has 0 spiro atoms. The van der Waals surface area contributed by atoms with E-state index in [4.69, 9.17) is 16.2 Å². The number of hydroxylamine groups is 2. The normalized spacial score (nSPS) is 20.1. The van der Waals surface area contributed by atoms with Gasteiger partial charge in [-0.15, -0.1) is 22.8 Å². The molecule has 18 heteroatoms. The first kappa shape index (κ1) is 56.5. The number of likely N-dealkylation sites (tertiary alicyclic amines) is 1. The van der Waals surface area contributed by atoms with Gasteiger partial charge in [-0.2, -0.15) is 9.97 Å². The van der Waals surface area contributed by atoms with Gasteiger partial charge in [-0.25, -0.2) is 13.8 Å². The van der Waals surface area contributed by atoms with Gasteiger partial charge in [0.25, 0.3) is 0 Å². The van der Waals surface area contributed by atoms with Crippen LogP contribution in [0.4, 0.5) is 14.6 Å². The largest absolute Gasteiger partial charge is 0.508 e. The average Bonchev–Trinajstić information content (AvgIpc) is 4.06. The Morgan fingerprint density at radius 1 is 0.912 bits per heavy atom. The predicted molar refractivity (Wildman–Crippen MR) is 309 cm³/mol. The molecule has 6 atom stereocenters. The molecule has 4 saturated heterocycles. The van der Waals surface area contributed by atoms with Gasteiger partial charge in [0.2, 0.25) is 17.7 Å². The van der Waals surface area contributed by atoms with Crippen molar-refractivity contribution in [2.75, 3.05) is 37.6 Å². The lowest BCUT2D eigenvalue weighted by molar-refractivity contribution is -0.144. The Kier molecular flexibility index (Phi) is 17.3. The van der Waals surface area contributed by atoms with E-state index in [1.54, 1.807) is 22.4 Å². The number of halogens is 2. The molecule has 3 amide bonds. The van der Waals surface area contributed by atoms with Gasteiger partial charge in [-0.3, -0.25) is 19.4 Å². The molecule has 6 aromatic rings. The van der Waals surface area contributed by atoms with Crippen LogP contribution in [-0.4, -0.2) is 110 Å². The fourth-order valence-corrected chi connectivity index (χ4v) is 13.1. The van der Waals surface area contributed by atoms with E-state index < -0.39 is 29.1 Å². The van der Waals surface area contributed by atoms with Gasteiger partial charge < -0.3 is 35.7 Å². The number of terminal acetylenes is 1. The van der Waals surface area contributed by atoms with E-state index in [9.17, 15) is 19.5 Å². The van der Waals surface area contributed by atoms with E-state index in [2.05, 4.69) is 53.9 Å². The molecular weight excluding hydrogens is 1030 g/mol. The summed E-state index contributed by atoms with van der Waals surface area (Å²) in [5.74, 6) is 1.30. The number of phenolic OH excluding ortho intramolecular Hbond substituents is 1. The number of amides is 3. The van der Waals surface area contributed by atoms with Crippen molar-refractivity contribution in [3.05, 3.63) is 88.7 Å². The van der Waals surface area contributed by atoms with Crippen molar-refractivity contribution >= 4 is 56.6 Å². The van der Waals surface area contributed by atoms with E-state index in [0.29, 0.717) is 68.1 Å². The summed E-state index contributed by atoms with van der Waals surface area (Å²) in [5, 5.41) is 23.6. The van der Waals surface area contributed by atoms with Crippen LogP contribution in [0.1, 0.15) is 140 Å². The second kappa shape index (κ2) is 24.5. The van der Waals surface area contributed by atoms with Crippen molar-refractivity contribution in [2.45, 2.75) is 155 Å². The van der Waals surface area contributed by atoms with Gasteiger partial charge in [-0.05, 0) is 105 Å². The lowest BCUT2D eigenvalue weighted by Gasteiger charge is -2.35. The maximum atomic E-state index is 17.1. The van der Waals surface area contributed by atoms with Crippen LogP contribution in [0.2, 0.25) is 0 Å². The summed E-state index contributed by atoms with van der Waals surface area (Å²) in [4.78, 5) is 71.0. The quantitative estimate of drug-likeness (QED) is 0.0421. The van der Waals surface area contributed by atoms with Crippen LogP contribution in [-0.2, 0) is 14.4 Å². The van der Waals surface area contributed by atoms with E-state index in [1.807, 2.05) is 57.3 Å². The number of anilines is 1. The second-order valence-electron chi connectivity index (χ2n) is 23.5. The molecule has 15 nitrogen and oxygen atoms in total. The van der Waals surface area contributed by atoms with Crippen molar-refractivity contribution in [1.82, 2.24) is 45.8 Å². The van der Waals surface area contributed by atoms with E-state index >= 15 is 8.78 Å². The standard InChI is InChI=1S/C62H74F2N10O5S/c1-7-46-49(63)26-23-42-30-45(75)31-47(52(42)46)54-53(64)55-48(32-65-54)58(72-34-43-24-25-44(35-72)68-43)71-61(70-55)79-73-29-27-39(33-73)16-13-11-9-8-10-12-14-18-51(76)69-57(62(4,5)6)60(78)74-28-15-17-50(74)59(77)67-37(2)40-19-21-41(22-20-40)56-38(3)66-36-80-56/h1,19-23,26,30-32,36-37,39,43-44,50,57,68,75H,8-18,24-25,27-29,33-35H2,2-6H3,(H,67,77)(H,69,76)/t37-,39?,43?,44?,50-,57?/m0/s1.